The van der Waals surface area contributed by atoms with Crippen LogP contribution >= 0.6 is 0 Å². The molecule has 0 amide bonds. The van der Waals surface area contributed by atoms with Gasteiger partial charge < -0.3 is 9.47 Å². The highest BCUT2D eigenvalue weighted by Gasteiger charge is 2.38. The first-order valence-corrected chi connectivity index (χ1v) is 23.5. The van der Waals surface area contributed by atoms with Gasteiger partial charge >= 0.3 is 0 Å². The van der Waals surface area contributed by atoms with Crippen LogP contribution in [0.5, 0.6) is 0 Å². The summed E-state index contributed by atoms with van der Waals surface area (Å²) in [6.07, 6.45) is 18.3. The van der Waals surface area contributed by atoms with Gasteiger partial charge in [0.2, 0.25) is 0 Å². The number of hydrogen-bond donors (Lipinski definition) is 0. The molecule has 0 saturated heterocycles. The summed E-state index contributed by atoms with van der Waals surface area (Å²) < 4.78 is 2.32. The average molecular weight is 853 g/mol. The Bertz CT molecular complexity index is 3250. The topological polar surface area (TPSA) is 8.17 Å². The van der Waals surface area contributed by atoms with E-state index in [-0.39, 0.29) is 5.41 Å². The number of benzene rings is 6. The van der Waals surface area contributed by atoms with Gasteiger partial charge in [-0.2, -0.15) is 0 Å². The third-order valence-corrected chi connectivity index (χ3v) is 13.9. The molecule has 8 aromatic rings. The molecule has 0 fully saturated rings. The Morgan fingerprint density at radius 1 is 0.742 bits per heavy atom. The van der Waals surface area contributed by atoms with Gasteiger partial charge in [-0.3, -0.25) is 0 Å². The number of allylic oxidation sites excluding steroid dienone is 10. The molecule has 2 aliphatic rings. The fraction of sp³-hybridized carbons (Fsp3) is 0.156. The zero-order chi connectivity index (χ0) is 45.4. The fourth-order valence-electron chi connectivity index (χ4n) is 10.3. The molecule has 2 aliphatic carbocycles. The maximum atomic E-state index is 3.82. The first-order chi connectivity index (χ1) is 32.2. The predicted molar refractivity (Wildman–Crippen MR) is 282 cm³/mol. The van der Waals surface area contributed by atoms with Gasteiger partial charge in [0.1, 0.15) is 0 Å². The van der Waals surface area contributed by atoms with Gasteiger partial charge in [0.15, 0.2) is 0 Å². The molecular weight excluding hydrogens is 797 g/mol. The summed E-state index contributed by atoms with van der Waals surface area (Å²) in [5, 5.41) is 2.43. The third kappa shape index (κ3) is 7.76. The first kappa shape index (κ1) is 42.4. The number of anilines is 2. The van der Waals surface area contributed by atoms with E-state index >= 15 is 0 Å². The maximum Gasteiger partial charge on any atom is 0.0973 e. The SMILES string of the molecule is C=C/C=C\C=C(/C)c1ccc(N(C2=CC=C3C(=CC2)C(C)(C)c2ccccc23)c2ccc(-c3ccc4c(c3)c3cc(-c5ccc(C(C)CCC)cc5)ccc3n4-c3c#cccc3)cc2)cc1. The van der Waals surface area contributed by atoms with E-state index in [0.29, 0.717) is 5.92 Å². The highest BCUT2D eigenvalue weighted by atomic mass is 15.1. The molecule has 1 atom stereocenters. The Balaban J connectivity index is 1.05. The molecule has 1 aromatic heterocycles. The summed E-state index contributed by atoms with van der Waals surface area (Å²) in [6, 6.07) is 62.7. The summed E-state index contributed by atoms with van der Waals surface area (Å²) in [5.74, 6) is 0.559. The van der Waals surface area contributed by atoms with E-state index in [4.69, 9.17) is 0 Å². The predicted octanol–water partition coefficient (Wildman–Crippen LogP) is 17.5. The summed E-state index contributed by atoms with van der Waals surface area (Å²) >= 11 is 0. The zero-order valence-corrected chi connectivity index (χ0v) is 38.8. The van der Waals surface area contributed by atoms with E-state index in [1.54, 1.807) is 6.08 Å². The van der Waals surface area contributed by atoms with Crippen LogP contribution in [0.2, 0.25) is 0 Å². The van der Waals surface area contributed by atoms with Crippen molar-refractivity contribution >= 4 is 44.3 Å². The fourth-order valence-corrected chi connectivity index (χ4v) is 10.3. The Labute approximate surface area is 391 Å². The molecule has 7 aromatic carbocycles. The summed E-state index contributed by atoms with van der Waals surface area (Å²) in [7, 11) is 0. The van der Waals surface area contributed by atoms with Gasteiger partial charge in [-0.05, 0) is 153 Å². The van der Waals surface area contributed by atoms with Gasteiger partial charge in [0, 0.05) is 39.7 Å². The number of aromatic nitrogens is 1. The second-order valence-electron chi connectivity index (χ2n) is 18.4. The van der Waals surface area contributed by atoms with E-state index in [2.05, 4.69) is 227 Å². The van der Waals surface area contributed by atoms with Crippen molar-refractivity contribution in [1.29, 1.82) is 0 Å². The van der Waals surface area contributed by atoms with E-state index in [9.17, 15) is 0 Å². The lowest BCUT2D eigenvalue weighted by atomic mass is 9.82. The average Bonchev–Trinajstić information content (AvgIpc) is 3.66. The van der Waals surface area contributed by atoms with Gasteiger partial charge in [0.25, 0.3) is 0 Å². The molecule has 2 nitrogen and oxygen atoms in total. The lowest BCUT2D eigenvalue weighted by Crippen LogP contribution is -2.17. The minimum Gasteiger partial charge on any atom is -0.314 e. The third-order valence-electron chi connectivity index (χ3n) is 13.9. The molecule has 0 N–H and O–H groups in total. The van der Waals surface area contributed by atoms with Crippen LogP contribution in [-0.2, 0) is 5.41 Å². The number of rotatable bonds is 12. The molecule has 1 heterocycles. The Morgan fingerprint density at radius 2 is 1.38 bits per heavy atom. The van der Waals surface area contributed by atoms with Crippen LogP contribution in [0.25, 0.3) is 60.9 Å². The highest BCUT2D eigenvalue weighted by Crippen LogP contribution is 2.51. The van der Waals surface area contributed by atoms with Crippen LogP contribution in [-0.4, -0.2) is 4.57 Å². The van der Waals surface area contributed by atoms with Crippen LogP contribution in [0.15, 0.2) is 212 Å². The Kier molecular flexibility index (Phi) is 11.4. The van der Waals surface area contributed by atoms with Crippen LogP contribution in [0.4, 0.5) is 11.4 Å². The molecule has 66 heavy (non-hydrogen) atoms. The van der Waals surface area contributed by atoms with Crippen molar-refractivity contribution in [3.8, 4) is 27.9 Å². The number of hydrogen-bond acceptors (Lipinski definition) is 1. The molecular formula is C64H56N2. The Hall–Kier alpha value is -7.60. The van der Waals surface area contributed by atoms with Gasteiger partial charge in [0.05, 0.1) is 16.7 Å². The van der Waals surface area contributed by atoms with Crippen molar-refractivity contribution in [2.75, 3.05) is 4.90 Å². The molecule has 2 heteroatoms. The standard InChI is InChI=1S/C64H56N2/c1-7-9-11-17-45(4)47-26-32-53(33-27-47)65(55-36-38-57-56-20-14-15-21-60(56)64(5,6)61(57)39-37-55)54-34-28-49(29-35-54)51-31-41-63-59(43-51)58-42-50(48-24-22-46(23-25-48)44(3)16-8-2)30-40-62(58)66(63)52-18-12-10-13-19-52/h7,9-12,14-15,17-18,20-36,38-44H,1,8,16,37H2,2-6H3/b11-9-,45-17+. The lowest BCUT2D eigenvalue weighted by Gasteiger charge is -2.28. The maximum absolute atomic E-state index is 3.82. The van der Waals surface area contributed by atoms with Crippen molar-refractivity contribution in [2.24, 2.45) is 0 Å². The van der Waals surface area contributed by atoms with E-state index in [0.717, 1.165) is 34.5 Å². The molecule has 10 rings (SSSR count). The van der Waals surface area contributed by atoms with E-state index in [1.807, 2.05) is 24.3 Å². The largest absolute Gasteiger partial charge is 0.314 e. The van der Waals surface area contributed by atoms with Crippen molar-refractivity contribution in [3.63, 3.8) is 0 Å². The minimum atomic E-state index is -0.0607. The van der Waals surface area contributed by atoms with Crippen LogP contribution in [0, 0.1) is 12.1 Å². The molecule has 0 saturated carbocycles. The number of fused-ring (bicyclic) bond motifs is 6. The van der Waals surface area contributed by atoms with E-state index in [1.165, 1.54) is 90.5 Å². The first-order valence-electron chi connectivity index (χ1n) is 23.5. The smallest absolute Gasteiger partial charge is 0.0973 e. The van der Waals surface area contributed by atoms with Crippen molar-refractivity contribution in [3.05, 3.63) is 246 Å². The number of nitrogens with zero attached hydrogens (tertiary/aromatic N) is 2. The second-order valence-corrected chi connectivity index (χ2v) is 18.4. The van der Waals surface area contributed by atoms with Gasteiger partial charge in [-0.15, -0.1) is 0 Å². The van der Waals surface area contributed by atoms with Crippen LogP contribution < -0.4 is 4.90 Å². The van der Waals surface area contributed by atoms with Crippen LogP contribution in [0.1, 0.15) is 82.1 Å². The van der Waals surface area contributed by atoms with Gasteiger partial charge in [-0.25, -0.2) is 0 Å². The molecule has 0 bridgehead atoms. The molecule has 1 unspecified atom stereocenters. The zero-order valence-electron chi connectivity index (χ0n) is 38.8. The normalized spacial score (nSPS) is 14.8. The lowest BCUT2D eigenvalue weighted by molar-refractivity contribution is 0.658. The van der Waals surface area contributed by atoms with Crippen molar-refractivity contribution in [1.82, 2.24) is 4.57 Å². The summed E-state index contributed by atoms with van der Waals surface area (Å²) in [4.78, 5) is 2.43. The summed E-state index contributed by atoms with van der Waals surface area (Å²) in [5.41, 5.74) is 20.8. The second kappa shape index (κ2) is 17.8. The molecule has 0 radical (unpaired) electrons. The van der Waals surface area contributed by atoms with Crippen molar-refractivity contribution in [2.45, 2.75) is 65.2 Å². The van der Waals surface area contributed by atoms with Crippen LogP contribution in [0.3, 0.4) is 0 Å². The monoisotopic (exact) mass is 852 g/mol. The minimum absolute atomic E-state index is 0.0607. The Morgan fingerprint density at radius 3 is 2.02 bits per heavy atom. The molecule has 0 aliphatic heterocycles. The highest BCUT2D eigenvalue weighted by molar-refractivity contribution is 6.11. The molecule has 0 spiro atoms. The molecule has 322 valence electrons. The quantitative estimate of drug-likeness (QED) is 0.111. The van der Waals surface area contributed by atoms with Crippen molar-refractivity contribution < 1.29 is 0 Å². The van der Waals surface area contributed by atoms with Gasteiger partial charge in [-0.1, -0.05) is 174 Å². The van der Waals surface area contributed by atoms with E-state index < -0.39 is 0 Å². The summed E-state index contributed by atoms with van der Waals surface area (Å²) in [6.45, 7) is 15.3.